The van der Waals surface area contributed by atoms with Crippen molar-refractivity contribution in [1.29, 1.82) is 0 Å². The van der Waals surface area contributed by atoms with E-state index in [-0.39, 0.29) is 5.97 Å². The molecule has 2 aromatic heterocycles. The van der Waals surface area contributed by atoms with Crippen LogP contribution in [0.1, 0.15) is 51.4 Å². The number of rotatable bonds is 6. The number of piperidine rings is 1. The maximum atomic E-state index is 13.0. The van der Waals surface area contributed by atoms with E-state index in [1.165, 1.54) is 24.8 Å². The van der Waals surface area contributed by atoms with E-state index < -0.39 is 11.7 Å². The lowest BCUT2D eigenvalue weighted by Gasteiger charge is -2.32. The fourth-order valence-corrected chi connectivity index (χ4v) is 5.04. The Morgan fingerprint density at radius 2 is 1.76 bits per heavy atom. The quantitative estimate of drug-likeness (QED) is 0.289. The average molecular weight is 508 g/mol. The molecule has 192 valence electrons. The number of fused-ring (bicyclic) bond motifs is 1. The molecule has 0 aliphatic carbocycles. The van der Waals surface area contributed by atoms with Gasteiger partial charge in [-0.3, -0.25) is 4.90 Å². The number of esters is 1. The molecule has 4 aromatic rings. The Hall–Kier alpha value is -3.65. The number of halogens is 3. The van der Waals surface area contributed by atoms with Gasteiger partial charge in [-0.05, 0) is 78.9 Å². The molecule has 1 aliphatic rings. The molecule has 1 saturated heterocycles. The average Bonchev–Trinajstić information content (AvgIpc) is 3.30. The molecule has 1 fully saturated rings. The lowest BCUT2D eigenvalue weighted by molar-refractivity contribution is -0.137. The first kappa shape index (κ1) is 25.0. The number of methoxy groups -OCH3 is 1. The lowest BCUT2D eigenvalue weighted by Crippen LogP contribution is -2.32. The molecule has 3 heterocycles. The molecule has 0 amide bonds. The zero-order valence-electron chi connectivity index (χ0n) is 20.5. The van der Waals surface area contributed by atoms with E-state index in [0.717, 1.165) is 48.6 Å². The van der Waals surface area contributed by atoms with Crippen LogP contribution >= 0.6 is 0 Å². The molecule has 0 bridgehead atoms. The number of ether oxygens (including phenoxy) is 1. The van der Waals surface area contributed by atoms with Crippen molar-refractivity contribution in [3.05, 3.63) is 101 Å². The van der Waals surface area contributed by atoms with Crippen LogP contribution in [0.4, 0.5) is 13.2 Å². The fourth-order valence-electron chi connectivity index (χ4n) is 5.04. The van der Waals surface area contributed by atoms with Gasteiger partial charge in [-0.25, -0.2) is 9.78 Å². The van der Waals surface area contributed by atoms with Crippen molar-refractivity contribution in [1.82, 2.24) is 14.5 Å². The normalized spacial score (nSPS) is 15.2. The number of benzene rings is 2. The number of alkyl halides is 3. The van der Waals surface area contributed by atoms with Crippen molar-refractivity contribution < 1.29 is 22.7 Å². The van der Waals surface area contributed by atoms with E-state index in [0.29, 0.717) is 30.1 Å². The minimum atomic E-state index is -4.32. The standard InChI is InChI=1S/C29H28F3N3O2/c1-37-28(36)23-7-5-20(6-8-23)19-35-14-11-24-16-25(17-33-27(24)35)22-9-12-34(13-10-22)18-21-3-2-4-26(15-21)29(30,31)32/h2-8,11,14-17,22H,9-10,12-13,18-19H2,1H3. The summed E-state index contributed by atoms with van der Waals surface area (Å²) in [5.41, 5.74) is 3.78. The summed E-state index contributed by atoms with van der Waals surface area (Å²) >= 11 is 0. The zero-order valence-corrected chi connectivity index (χ0v) is 20.5. The summed E-state index contributed by atoms with van der Waals surface area (Å²) in [6.45, 7) is 2.84. The molecule has 37 heavy (non-hydrogen) atoms. The molecule has 5 rings (SSSR count). The fraction of sp³-hybridized carbons (Fsp3) is 0.310. The second kappa shape index (κ2) is 10.4. The summed E-state index contributed by atoms with van der Waals surface area (Å²) in [6.07, 6.45) is 1.54. The molecule has 0 N–H and O–H groups in total. The third kappa shape index (κ3) is 5.69. The van der Waals surface area contributed by atoms with Crippen LogP contribution in [0.25, 0.3) is 11.0 Å². The zero-order chi connectivity index (χ0) is 26.0. The van der Waals surface area contributed by atoms with Crippen LogP contribution in [0.3, 0.4) is 0 Å². The Bertz CT molecular complexity index is 1390. The van der Waals surface area contributed by atoms with Gasteiger partial charge < -0.3 is 9.30 Å². The largest absolute Gasteiger partial charge is 0.465 e. The SMILES string of the molecule is COC(=O)c1ccc(Cn2ccc3cc(C4CCN(Cc5cccc(C(F)(F)F)c5)CC4)cnc32)cc1. The van der Waals surface area contributed by atoms with Crippen molar-refractivity contribution in [3.63, 3.8) is 0 Å². The maximum Gasteiger partial charge on any atom is 0.416 e. The highest BCUT2D eigenvalue weighted by atomic mass is 19.4. The van der Waals surface area contributed by atoms with E-state index in [9.17, 15) is 18.0 Å². The number of carbonyl (C=O) groups is 1. The van der Waals surface area contributed by atoms with Crippen LogP contribution < -0.4 is 0 Å². The predicted molar refractivity (Wildman–Crippen MR) is 135 cm³/mol. The number of hydrogen-bond acceptors (Lipinski definition) is 4. The number of carbonyl (C=O) groups excluding carboxylic acids is 1. The summed E-state index contributed by atoms with van der Waals surface area (Å²) in [4.78, 5) is 18.6. The monoisotopic (exact) mass is 507 g/mol. The van der Waals surface area contributed by atoms with Gasteiger partial charge in [0.05, 0.1) is 18.2 Å². The van der Waals surface area contributed by atoms with Crippen molar-refractivity contribution in [3.8, 4) is 0 Å². The highest BCUT2D eigenvalue weighted by Gasteiger charge is 2.30. The van der Waals surface area contributed by atoms with E-state index in [1.54, 1.807) is 18.2 Å². The molecule has 8 heteroatoms. The predicted octanol–water partition coefficient (Wildman–Crippen LogP) is 6.27. The summed E-state index contributed by atoms with van der Waals surface area (Å²) in [7, 11) is 1.37. The number of hydrogen-bond donors (Lipinski definition) is 0. The minimum absolute atomic E-state index is 0.353. The summed E-state index contributed by atoms with van der Waals surface area (Å²) in [6, 6.07) is 17.2. The smallest absolute Gasteiger partial charge is 0.416 e. The van der Waals surface area contributed by atoms with Crippen LogP contribution in [0.15, 0.2) is 73.1 Å². The summed E-state index contributed by atoms with van der Waals surface area (Å²) < 4.78 is 45.9. The van der Waals surface area contributed by atoms with Crippen molar-refractivity contribution in [2.45, 2.75) is 38.0 Å². The number of aromatic nitrogens is 2. The van der Waals surface area contributed by atoms with Gasteiger partial charge >= 0.3 is 12.1 Å². The molecule has 2 aromatic carbocycles. The molecule has 1 aliphatic heterocycles. The van der Waals surface area contributed by atoms with Crippen LogP contribution in [-0.2, 0) is 24.0 Å². The third-order valence-corrected chi connectivity index (χ3v) is 7.07. The van der Waals surface area contributed by atoms with Crippen molar-refractivity contribution in [2.24, 2.45) is 0 Å². The first-order chi connectivity index (χ1) is 17.8. The molecule has 5 nitrogen and oxygen atoms in total. The minimum Gasteiger partial charge on any atom is -0.465 e. The van der Waals surface area contributed by atoms with Crippen molar-refractivity contribution in [2.75, 3.05) is 20.2 Å². The Morgan fingerprint density at radius 3 is 2.46 bits per heavy atom. The summed E-state index contributed by atoms with van der Waals surface area (Å²) in [5, 5.41) is 1.08. The van der Waals surface area contributed by atoms with E-state index in [1.807, 2.05) is 24.5 Å². The third-order valence-electron chi connectivity index (χ3n) is 7.07. The van der Waals surface area contributed by atoms with Gasteiger partial charge in [-0.15, -0.1) is 0 Å². The summed E-state index contributed by atoms with van der Waals surface area (Å²) in [5.74, 6) is 0.0255. The van der Waals surface area contributed by atoms with Gasteiger partial charge in [-0.2, -0.15) is 13.2 Å². The molecule has 0 spiro atoms. The van der Waals surface area contributed by atoms with Gasteiger partial charge in [0, 0.05) is 30.9 Å². The molecule has 0 radical (unpaired) electrons. The van der Waals surface area contributed by atoms with Gasteiger partial charge in [-0.1, -0.05) is 30.3 Å². The number of nitrogens with zero attached hydrogens (tertiary/aromatic N) is 3. The first-order valence-electron chi connectivity index (χ1n) is 12.3. The van der Waals surface area contributed by atoms with Crippen LogP contribution in [0.2, 0.25) is 0 Å². The van der Waals surface area contributed by atoms with Crippen molar-refractivity contribution >= 4 is 17.0 Å². The van der Waals surface area contributed by atoms with Gasteiger partial charge in [0.2, 0.25) is 0 Å². The Labute approximate surface area is 213 Å². The second-order valence-electron chi connectivity index (χ2n) is 9.56. The van der Waals surface area contributed by atoms with E-state index in [2.05, 4.69) is 21.6 Å². The molecule has 0 saturated carbocycles. The van der Waals surface area contributed by atoms with Crippen LogP contribution in [0.5, 0.6) is 0 Å². The van der Waals surface area contributed by atoms with Crippen LogP contribution in [0, 0.1) is 0 Å². The highest BCUT2D eigenvalue weighted by molar-refractivity contribution is 5.89. The first-order valence-corrected chi connectivity index (χ1v) is 12.3. The second-order valence-corrected chi connectivity index (χ2v) is 9.56. The van der Waals surface area contributed by atoms with Crippen LogP contribution in [-0.4, -0.2) is 40.6 Å². The molecule has 0 atom stereocenters. The van der Waals surface area contributed by atoms with E-state index >= 15 is 0 Å². The van der Waals surface area contributed by atoms with Gasteiger partial charge in [0.1, 0.15) is 5.65 Å². The Morgan fingerprint density at radius 1 is 1.00 bits per heavy atom. The highest BCUT2D eigenvalue weighted by Crippen LogP contribution is 2.32. The van der Waals surface area contributed by atoms with Gasteiger partial charge in [0.15, 0.2) is 0 Å². The number of pyridine rings is 1. The molecule has 0 unspecified atom stereocenters. The molecular weight excluding hydrogens is 479 g/mol. The van der Waals surface area contributed by atoms with E-state index in [4.69, 9.17) is 9.72 Å². The maximum absolute atomic E-state index is 13.0. The topological polar surface area (TPSA) is 47.4 Å². The Kier molecular flexibility index (Phi) is 7.02. The lowest BCUT2D eigenvalue weighted by atomic mass is 9.90. The molecular formula is C29H28F3N3O2. The van der Waals surface area contributed by atoms with Gasteiger partial charge in [0.25, 0.3) is 0 Å². The Balaban J connectivity index is 1.21. The number of likely N-dealkylation sites (tertiary alicyclic amines) is 1.